The first-order chi connectivity index (χ1) is 8.65. The van der Waals surface area contributed by atoms with Crippen LogP contribution in [0.5, 0.6) is 0 Å². The minimum atomic E-state index is 0.0932. The Morgan fingerprint density at radius 1 is 1.61 bits per heavy atom. The minimum Gasteiger partial charge on any atom is -0.335 e. The van der Waals surface area contributed by atoms with Gasteiger partial charge < -0.3 is 10.2 Å². The number of carbonyl (C=O) groups is 1. The van der Waals surface area contributed by atoms with Crippen molar-refractivity contribution in [2.45, 2.75) is 26.4 Å². The highest BCUT2D eigenvalue weighted by Gasteiger charge is 2.16. The van der Waals surface area contributed by atoms with Gasteiger partial charge in [-0.25, -0.2) is 0 Å². The van der Waals surface area contributed by atoms with E-state index in [9.17, 15) is 4.79 Å². The molecule has 0 saturated carbocycles. The Kier molecular flexibility index (Phi) is 6.08. The molecule has 18 heavy (non-hydrogen) atoms. The van der Waals surface area contributed by atoms with E-state index in [-0.39, 0.29) is 11.9 Å². The van der Waals surface area contributed by atoms with Crippen molar-refractivity contribution in [3.8, 4) is 0 Å². The van der Waals surface area contributed by atoms with E-state index in [0.29, 0.717) is 19.6 Å². The smallest absolute Gasteiger partial charge is 0.237 e. The third-order valence-corrected chi connectivity index (χ3v) is 2.58. The van der Waals surface area contributed by atoms with Gasteiger partial charge in [0.2, 0.25) is 5.91 Å². The molecule has 1 N–H and O–H groups in total. The number of pyridine rings is 1. The van der Waals surface area contributed by atoms with Crippen LogP contribution >= 0.6 is 0 Å². The molecule has 1 heterocycles. The predicted molar refractivity (Wildman–Crippen MR) is 73.0 cm³/mol. The maximum absolute atomic E-state index is 12.1. The van der Waals surface area contributed by atoms with Gasteiger partial charge >= 0.3 is 0 Å². The summed E-state index contributed by atoms with van der Waals surface area (Å²) >= 11 is 0. The Balaban J connectivity index is 2.59. The minimum absolute atomic E-state index is 0.0932. The number of hydrogen-bond donors (Lipinski definition) is 1. The van der Waals surface area contributed by atoms with Crippen LogP contribution in [0, 0.1) is 0 Å². The summed E-state index contributed by atoms with van der Waals surface area (Å²) in [4.78, 5) is 18.0. The zero-order valence-electron chi connectivity index (χ0n) is 11.1. The highest BCUT2D eigenvalue weighted by Crippen LogP contribution is 2.07. The normalized spacial score (nSPS) is 10.4. The quantitative estimate of drug-likeness (QED) is 0.588. The van der Waals surface area contributed by atoms with Gasteiger partial charge in [0.25, 0.3) is 0 Å². The average molecular weight is 247 g/mol. The van der Waals surface area contributed by atoms with Crippen molar-refractivity contribution in [2.24, 2.45) is 0 Å². The number of aromatic nitrogens is 1. The van der Waals surface area contributed by atoms with E-state index < -0.39 is 0 Å². The van der Waals surface area contributed by atoms with Crippen LogP contribution in [0.3, 0.4) is 0 Å². The SMILES string of the molecule is C=CCNCC(=O)N(Cc1cccnc1)C(C)C. The molecule has 98 valence electrons. The maximum atomic E-state index is 12.1. The van der Waals surface area contributed by atoms with Crippen LogP contribution < -0.4 is 5.32 Å². The van der Waals surface area contributed by atoms with Gasteiger partial charge in [-0.1, -0.05) is 12.1 Å². The van der Waals surface area contributed by atoms with Gasteiger partial charge in [0.1, 0.15) is 0 Å². The number of rotatable bonds is 7. The van der Waals surface area contributed by atoms with E-state index in [1.54, 1.807) is 18.5 Å². The molecule has 1 amide bonds. The summed E-state index contributed by atoms with van der Waals surface area (Å²) in [5.74, 6) is 0.0932. The summed E-state index contributed by atoms with van der Waals surface area (Å²) < 4.78 is 0. The van der Waals surface area contributed by atoms with Crippen LogP contribution in [0.15, 0.2) is 37.2 Å². The molecule has 0 aromatic carbocycles. The Bertz CT molecular complexity index is 376. The third-order valence-electron chi connectivity index (χ3n) is 2.58. The molecule has 0 bridgehead atoms. The molecule has 0 atom stereocenters. The molecular weight excluding hydrogens is 226 g/mol. The van der Waals surface area contributed by atoms with E-state index in [0.717, 1.165) is 5.56 Å². The van der Waals surface area contributed by atoms with Gasteiger partial charge in [0.15, 0.2) is 0 Å². The van der Waals surface area contributed by atoms with Gasteiger partial charge in [0.05, 0.1) is 6.54 Å². The first kappa shape index (κ1) is 14.4. The lowest BCUT2D eigenvalue weighted by Crippen LogP contribution is -2.41. The topological polar surface area (TPSA) is 45.2 Å². The summed E-state index contributed by atoms with van der Waals surface area (Å²) in [6.07, 6.45) is 5.27. The standard InChI is InChI=1S/C14H21N3O/c1-4-7-15-10-14(18)17(12(2)3)11-13-6-5-8-16-9-13/h4-6,8-9,12,15H,1,7,10-11H2,2-3H3. The first-order valence-electron chi connectivity index (χ1n) is 6.15. The summed E-state index contributed by atoms with van der Waals surface area (Å²) in [5, 5.41) is 3.03. The molecule has 1 rings (SSSR count). The highest BCUT2D eigenvalue weighted by atomic mass is 16.2. The highest BCUT2D eigenvalue weighted by molar-refractivity contribution is 5.78. The zero-order chi connectivity index (χ0) is 13.4. The molecule has 4 nitrogen and oxygen atoms in total. The van der Waals surface area contributed by atoms with Crippen molar-refractivity contribution in [2.75, 3.05) is 13.1 Å². The number of hydrogen-bond acceptors (Lipinski definition) is 3. The second-order valence-corrected chi connectivity index (χ2v) is 4.40. The van der Waals surface area contributed by atoms with Crippen LogP contribution in [-0.4, -0.2) is 34.9 Å². The van der Waals surface area contributed by atoms with Crippen LogP contribution in [0.2, 0.25) is 0 Å². The molecule has 0 aliphatic heterocycles. The van der Waals surface area contributed by atoms with Crippen molar-refractivity contribution in [3.63, 3.8) is 0 Å². The molecule has 0 spiro atoms. The average Bonchev–Trinajstić information content (AvgIpc) is 2.37. The van der Waals surface area contributed by atoms with E-state index in [1.807, 2.05) is 30.9 Å². The summed E-state index contributed by atoms with van der Waals surface area (Å²) in [7, 11) is 0. The summed E-state index contributed by atoms with van der Waals surface area (Å²) in [6, 6.07) is 4.03. The molecule has 0 aliphatic carbocycles. The Labute approximate surface area is 109 Å². The molecule has 0 saturated heterocycles. The molecule has 1 aromatic rings. The van der Waals surface area contributed by atoms with E-state index in [1.165, 1.54) is 0 Å². The van der Waals surface area contributed by atoms with E-state index in [2.05, 4.69) is 16.9 Å². The Morgan fingerprint density at radius 3 is 2.94 bits per heavy atom. The lowest BCUT2D eigenvalue weighted by molar-refractivity contribution is -0.132. The second kappa shape index (κ2) is 7.61. The van der Waals surface area contributed by atoms with E-state index in [4.69, 9.17) is 0 Å². The van der Waals surface area contributed by atoms with Crippen LogP contribution in [-0.2, 0) is 11.3 Å². The van der Waals surface area contributed by atoms with Crippen LogP contribution in [0.25, 0.3) is 0 Å². The fourth-order valence-corrected chi connectivity index (χ4v) is 1.63. The molecule has 0 unspecified atom stereocenters. The molecule has 1 aromatic heterocycles. The van der Waals surface area contributed by atoms with Gasteiger partial charge in [-0.3, -0.25) is 9.78 Å². The second-order valence-electron chi connectivity index (χ2n) is 4.40. The van der Waals surface area contributed by atoms with Gasteiger partial charge in [-0.05, 0) is 25.5 Å². The lowest BCUT2D eigenvalue weighted by Gasteiger charge is -2.27. The lowest BCUT2D eigenvalue weighted by atomic mass is 10.2. The monoisotopic (exact) mass is 247 g/mol. The summed E-state index contributed by atoms with van der Waals surface area (Å²) in [6.45, 7) is 9.22. The number of nitrogens with zero attached hydrogens (tertiary/aromatic N) is 2. The largest absolute Gasteiger partial charge is 0.335 e. The molecule has 0 radical (unpaired) electrons. The first-order valence-corrected chi connectivity index (χ1v) is 6.15. The van der Waals surface area contributed by atoms with Crippen LogP contribution in [0.1, 0.15) is 19.4 Å². The fraction of sp³-hybridized carbons (Fsp3) is 0.429. The van der Waals surface area contributed by atoms with Crippen molar-refractivity contribution in [1.82, 2.24) is 15.2 Å². The third kappa shape index (κ3) is 4.67. The Hall–Kier alpha value is -1.68. The molecular formula is C14H21N3O. The van der Waals surface area contributed by atoms with Gasteiger partial charge in [-0.2, -0.15) is 0 Å². The van der Waals surface area contributed by atoms with Crippen molar-refractivity contribution in [3.05, 3.63) is 42.7 Å². The molecule has 4 heteroatoms. The fourth-order valence-electron chi connectivity index (χ4n) is 1.63. The van der Waals surface area contributed by atoms with Crippen molar-refractivity contribution >= 4 is 5.91 Å². The Morgan fingerprint density at radius 2 is 2.39 bits per heavy atom. The van der Waals surface area contributed by atoms with Gasteiger partial charge in [-0.15, -0.1) is 6.58 Å². The van der Waals surface area contributed by atoms with Gasteiger partial charge in [0, 0.05) is 31.5 Å². The number of amides is 1. The van der Waals surface area contributed by atoms with Crippen molar-refractivity contribution in [1.29, 1.82) is 0 Å². The zero-order valence-corrected chi connectivity index (χ0v) is 11.1. The number of nitrogens with one attached hydrogen (secondary N) is 1. The molecule has 0 aliphatic rings. The molecule has 0 fully saturated rings. The number of carbonyl (C=O) groups excluding carboxylic acids is 1. The maximum Gasteiger partial charge on any atom is 0.237 e. The summed E-state index contributed by atoms with van der Waals surface area (Å²) in [5.41, 5.74) is 1.04. The van der Waals surface area contributed by atoms with Crippen LogP contribution in [0.4, 0.5) is 0 Å². The van der Waals surface area contributed by atoms with Crippen molar-refractivity contribution < 1.29 is 4.79 Å². The predicted octanol–water partition coefficient (Wildman–Crippen LogP) is 1.59. The van der Waals surface area contributed by atoms with E-state index >= 15 is 0 Å².